The molecule has 0 amide bonds. The van der Waals surface area contributed by atoms with Gasteiger partial charge in [-0.2, -0.15) is 0 Å². The van der Waals surface area contributed by atoms with E-state index in [1.807, 2.05) is 18.3 Å². The standard InChI is InChI=1S/C17H18N2O4/c20-17(21)13-1-5-16(6-2-13)23-12-14-3-4-15(11-18-14)19-7-9-22-10-8-19/h1-6,11H,7-10,12H2,(H,20,21). The zero-order chi connectivity index (χ0) is 16.1. The van der Waals surface area contributed by atoms with Gasteiger partial charge in [-0.05, 0) is 36.4 Å². The Morgan fingerprint density at radius 3 is 2.52 bits per heavy atom. The average molecular weight is 314 g/mol. The lowest BCUT2D eigenvalue weighted by Crippen LogP contribution is -2.36. The number of anilines is 1. The van der Waals surface area contributed by atoms with Crippen LogP contribution in [0.25, 0.3) is 0 Å². The molecule has 0 spiro atoms. The summed E-state index contributed by atoms with van der Waals surface area (Å²) in [5.74, 6) is -0.328. The first-order valence-corrected chi connectivity index (χ1v) is 7.46. The molecular weight excluding hydrogens is 296 g/mol. The summed E-state index contributed by atoms with van der Waals surface area (Å²) >= 11 is 0. The van der Waals surface area contributed by atoms with Gasteiger partial charge < -0.3 is 19.5 Å². The lowest BCUT2D eigenvalue weighted by Gasteiger charge is -2.28. The molecule has 1 saturated heterocycles. The number of carbonyl (C=O) groups is 1. The second-order valence-electron chi connectivity index (χ2n) is 5.23. The number of carboxylic acids is 1. The second kappa shape index (κ2) is 7.11. The first kappa shape index (κ1) is 15.3. The smallest absolute Gasteiger partial charge is 0.335 e. The third-order valence-corrected chi connectivity index (χ3v) is 3.67. The molecule has 1 aromatic heterocycles. The van der Waals surface area contributed by atoms with Crippen LogP contribution in [0.2, 0.25) is 0 Å². The molecule has 1 aromatic carbocycles. The normalized spacial score (nSPS) is 14.5. The first-order valence-electron chi connectivity index (χ1n) is 7.46. The number of aromatic nitrogens is 1. The molecule has 1 N–H and O–H groups in total. The molecule has 0 atom stereocenters. The highest BCUT2D eigenvalue weighted by molar-refractivity contribution is 5.87. The Balaban J connectivity index is 1.56. The van der Waals surface area contributed by atoms with Gasteiger partial charge in [-0.1, -0.05) is 0 Å². The number of nitrogens with zero attached hydrogens (tertiary/aromatic N) is 2. The summed E-state index contributed by atoms with van der Waals surface area (Å²) in [6, 6.07) is 10.3. The number of rotatable bonds is 5. The van der Waals surface area contributed by atoms with Crippen LogP contribution in [0.3, 0.4) is 0 Å². The van der Waals surface area contributed by atoms with E-state index in [1.54, 1.807) is 12.1 Å². The fraction of sp³-hybridized carbons (Fsp3) is 0.294. The summed E-state index contributed by atoms with van der Waals surface area (Å²) in [7, 11) is 0. The van der Waals surface area contributed by atoms with Gasteiger partial charge in [0, 0.05) is 13.1 Å². The van der Waals surface area contributed by atoms with Crippen molar-refractivity contribution in [2.75, 3.05) is 31.2 Å². The maximum Gasteiger partial charge on any atom is 0.335 e. The van der Waals surface area contributed by atoms with Crippen LogP contribution in [-0.4, -0.2) is 42.4 Å². The van der Waals surface area contributed by atoms with Crippen LogP contribution in [-0.2, 0) is 11.3 Å². The molecule has 3 rings (SSSR count). The SMILES string of the molecule is O=C(O)c1ccc(OCc2ccc(N3CCOCC3)cn2)cc1. The quantitative estimate of drug-likeness (QED) is 0.912. The molecule has 0 saturated carbocycles. The number of morpholine rings is 1. The monoisotopic (exact) mass is 314 g/mol. The number of hydrogen-bond acceptors (Lipinski definition) is 5. The highest BCUT2D eigenvalue weighted by atomic mass is 16.5. The Bertz CT molecular complexity index is 649. The van der Waals surface area contributed by atoms with Crippen molar-refractivity contribution in [3.63, 3.8) is 0 Å². The van der Waals surface area contributed by atoms with Crippen molar-refractivity contribution >= 4 is 11.7 Å². The molecule has 6 nitrogen and oxygen atoms in total. The van der Waals surface area contributed by atoms with Gasteiger partial charge in [-0.25, -0.2) is 4.79 Å². The largest absolute Gasteiger partial charge is 0.487 e. The van der Waals surface area contributed by atoms with Gasteiger partial charge in [-0.15, -0.1) is 0 Å². The van der Waals surface area contributed by atoms with Crippen LogP contribution in [0.4, 0.5) is 5.69 Å². The summed E-state index contributed by atoms with van der Waals surface area (Å²) < 4.78 is 11.0. The van der Waals surface area contributed by atoms with E-state index in [2.05, 4.69) is 9.88 Å². The predicted octanol–water partition coefficient (Wildman–Crippen LogP) is 2.20. The van der Waals surface area contributed by atoms with E-state index < -0.39 is 5.97 Å². The summed E-state index contributed by atoms with van der Waals surface area (Å²) in [4.78, 5) is 17.4. The van der Waals surface area contributed by atoms with Gasteiger partial charge >= 0.3 is 5.97 Å². The molecule has 0 aliphatic carbocycles. The van der Waals surface area contributed by atoms with Crippen molar-refractivity contribution in [2.24, 2.45) is 0 Å². The van der Waals surface area contributed by atoms with E-state index in [9.17, 15) is 4.79 Å². The van der Waals surface area contributed by atoms with Gasteiger partial charge in [0.25, 0.3) is 0 Å². The lowest BCUT2D eigenvalue weighted by molar-refractivity contribution is 0.0697. The zero-order valence-electron chi connectivity index (χ0n) is 12.6. The van der Waals surface area contributed by atoms with Crippen molar-refractivity contribution < 1.29 is 19.4 Å². The number of pyridine rings is 1. The Morgan fingerprint density at radius 2 is 1.91 bits per heavy atom. The molecule has 2 aromatic rings. The summed E-state index contributed by atoms with van der Waals surface area (Å²) in [5, 5.41) is 8.85. The number of carboxylic acid groups (broad SMARTS) is 1. The third-order valence-electron chi connectivity index (χ3n) is 3.67. The van der Waals surface area contributed by atoms with Crippen molar-refractivity contribution in [3.8, 4) is 5.75 Å². The lowest BCUT2D eigenvalue weighted by atomic mass is 10.2. The van der Waals surface area contributed by atoms with Gasteiger partial charge in [-0.3, -0.25) is 4.98 Å². The van der Waals surface area contributed by atoms with Gasteiger partial charge in [0.15, 0.2) is 0 Å². The minimum absolute atomic E-state index is 0.241. The fourth-order valence-corrected chi connectivity index (χ4v) is 2.36. The summed E-state index contributed by atoms with van der Waals surface area (Å²) in [6.45, 7) is 3.60. The van der Waals surface area contributed by atoms with Crippen LogP contribution in [0, 0.1) is 0 Å². The van der Waals surface area contributed by atoms with E-state index >= 15 is 0 Å². The fourth-order valence-electron chi connectivity index (χ4n) is 2.36. The topological polar surface area (TPSA) is 71.9 Å². The summed E-state index contributed by atoms with van der Waals surface area (Å²) in [5.41, 5.74) is 2.15. The Labute approximate surface area is 134 Å². The molecule has 0 unspecified atom stereocenters. The molecule has 23 heavy (non-hydrogen) atoms. The average Bonchev–Trinajstić information content (AvgIpc) is 2.61. The number of benzene rings is 1. The molecule has 1 fully saturated rings. The Hall–Kier alpha value is -2.60. The van der Waals surface area contributed by atoms with Crippen LogP contribution < -0.4 is 9.64 Å². The molecule has 6 heteroatoms. The van der Waals surface area contributed by atoms with Gasteiger partial charge in [0.1, 0.15) is 12.4 Å². The number of aromatic carboxylic acids is 1. The highest BCUT2D eigenvalue weighted by Gasteiger charge is 2.11. The van der Waals surface area contributed by atoms with E-state index in [0.29, 0.717) is 12.4 Å². The van der Waals surface area contributed by atoms with Crippen LogP contribution in [0.1, 0.15) is 16.1 Å². The molecule has 0 bridgehead atoms. The van der Waals surface area contributed by atoms with Crippen molar-refractivity contribution in [1.82, 2.24) is 4.98 Å². The Kier molecular flexibility index (Phi) is 4.73. The maximum absolute atomic E-state index is 10.8. The predicted molar refractivity (Wildman–Crippen MR) is 85.0 cm³/mol. The van der Waals surface area contributed by atoms with Crippen LogP contribution >= 0.6 is 0 Å². The number of hydrogen-bond donors (Lipinski definition) is 1. The minimum Gasteiger partial charge on any atom is -0.487 e. The molecular formula is C17H18N2O4. The molecule has 1 aliphatic rings. The zero-order valence-corrected chi connectivity index (χ0v) is 12.6. The summed E-state index contributed by atoms with van der Waals surface area (Å²) in [6.07, 6.45) is 1.84. The third kappa shape index (κ3) is 3.98. The highest BCUT2D eigenvalue weighted by Crippen LogP contribution is 2.17. The van der Waals surface area contributed by atoms with E-state index in [0.717, 1.165) is 37.7 Å². The molecule has 2 heterocycles. The molecule has 1 aliphatic heterocycles. The van der Waals surface area contributed by atoms with E-state index in [-0.39, 0.29) is 5.56 Å². The second-order valence-corrected chi connectivity index (χ2v) is 5.23. The van der Waals surface area contributed by atoms with Crippen LogP contribution in [0.15, 0.2) is 42.6 Å². The maximum atomic E-state index is 10.8. The van der Waals surface area contributed by atoms with Gasteiger partial charge in [0.2, 0.25) is 0 Å². The van der Waals surface area contributed by atoms with E-state index in [4.69, 9.17) is 14.6 Å². The van der Waals surface area contributed by atoms with Crippen LogP contribution in [0.5, 0.6) is 5.75 Å². The van der Waals surface area contributed by atoms with Gasteiger partial charge in [0.05, 0.1) is 36.4 Å². The first-order chi connectivity index (χ1) is 11.2. The van der Waals surface area contributed by atoms with E-state index in [1.165, 1.54) is 12.1 Å². The van der Waals surface area contributed by atoms with Crippen molar-refractivity contribution in [3.05, 3.63) is 53.9 Å². The van der Waals surface area contributed by atoms with Crippen molar-refractivity contribution in [2.45, 2.75) is 6.61 Å². The minimum atomic E-state index is -0.947. The Morgan fingerprint density at radius 1 is 1.17 bits per heavy atom. The molecule has 120 valence electrons. The molecule has 0 radical (unpaired) electrons. The number of ether oxygens (including phenoxy) is 2. The van der Waals surface area contributed by atoms with Crippen molar-refractivity contribution in [1.29, 1.82) is 0 Å².